The molecule has 0 saturated heterocycles. The maximum absolute atomic E-state index is 5.62. The van der Waals surface area contributed by atoms with Gasteiger partial charge in [0.2, 0.25) is 0 Å². The van der Waals surface area contributed by atoms with Crippen molar-refractivity contribution >= 4 is 21.4 Å². The van der Waals surface area contributed by atoms with E-state index >= 15 is 0 Å². The zero-order valence-corrected chi connectivity index (χ0v) is 9.45. The highest BCUT2D eigenvalue weighted by Gasteiger charge is 2.07. The van der Waals surface area contributed by atoms with E-state index in [0.717, 1.165) is 13.0 Å². The van der Waals surface area contributed by atoms with Crippen LogP contribution in [0.1, 0.15) is 16.7 Å². The molecule has 0 atom stereocenters. The van der Waals surface area contributed by atoms with Crippen LogP contribution in [0.25, 0.3) is 10.1 Å². The molecule has 0 aliphatic carbocycles. The lowest BCUT2D eigenvalue weighted by atomic mass is 9.98. The number of benzene rings is 1. The van der Waals surface area contributed by atoms with Gasteiger partial charge in [0.15, 0.2) is 0 Å². The lowest BCUT2D eigenvalue weighted by molar-refractivity contribution is 0.951. The third kappa shape index (κ3) is 1.45. The number of fused-ring (bicyclic) bond motifs is 1. The van der Waals surface area contributed by atoms with E-state index in [1.807, 2.05) is 11.3 Å². The molecular weight excluding hydrogens is 190 g/mol. The molecule has 14 heavy (non-hydrogen) atoms. The fourth-order valence-corrected chi connectivity index (χ4v) is 2.93. The Hall–Kier alpha value is -0.860. The monoisotopic (exact) mass is 205 g/mol. The Morgan fingerprint density at radius 3 is 2.86 bits per heavy atom. The highest BCUT2D eigenvalue weighted by Crippen LogP contribution is 2.29. The van der Waals surface area contributed by atoms with Crippen LogP contribution in [0.15, 0.2) is 17.5 Å². The van der Waals surface area contributed by atoms with E-state index in [4.69, 9.17) is 5.73 Å². The maximum Gasteiger partial charge on any atom is 0.0374 e. The Kier molecular flexibility index (Phi) is 2.57. The Morgan fingerprint density at radius 1 is 1.36 bits per heavy atom. The summed E-state index contributed by atoms with van der Waals surface area (Å²) >= 11 is 1.82. The minimum absolute atomic E-state index is 0.735. The smallest absolute Gasteiger partial charge is 0.0374 e. The zero-order valence-electron chi connectivity index (χ0n) is 8.63. The molecule has 2 aromatic rings. The van der Waals surface area contributed by atoms with Crippen molar-refractivity contribution in [3.8, 4) is 0 Å². The van der Waals surface area contributed by atoms with Crippen LogP contribution in [-0.4, -0.2) is 6.54 Å². The molecule has 74 valence electrons. The first-order valence-corrected chi connectivity index (χ1v) is 5.78. The summed E-state index contributed by atoms with van der Waals surface area (Å²) in [6.45, 7) is 5.12. The van der Waals surface area contributed by atoms with Crippen LogP contribution in [0.3, 0.4) is 0 Å². The van der Waals surface area contributed by atoms with Crippen molar-refractivity contribution in [3.05, 3.63) is 34.2 Å². The highest BCUT2D eigenvalue weighted by molar-refractivity contribution is 7.17. The topological polar surface area (TPSA) is 26.0 Å². The molecule has 1 nitrogen and oxygen atoms in total. The van der Waals surface area contributed by atoms with Crippen molar-refractivity contribution in [3.63, 3.8) is 0 Å². The largest absolute Gasteiger partial charge is 0.330 e. The van der Waals surface area contributed by atoms with E-state index in [1.54, 1.807) is 0 Å². The zero-order chi connectivity index (χ0) is 10.1. The Labute approximate surface area is 88.6 Å². The molecule has 1 aromatic carbocycles. The summed E-state index contributed by atoms with van der Waals surface area (Å²) in [5.41, 5.74) is 9.84. The molecule has 2 N–H and O–H groups in total. The quantitative estimate of drug-likeness (QED) is 0.801. The third-order valence-corrected chi connectivity index (χ3v) is 3.78. The Balaban J connectivity index is 2.69. The second kappa shape index (κ2) is 3.71. The average Bonchev–Trinajstić information content (AvgIpc) is 2.60. The van der Waals surface area contributed by atoms with Crippen LogP contribution < -0.4 is 5.73 Å². The molecule has 0 aliphatic rings. The summed E-state index contributed by atoms with van der Waals surface area (Å²) in [5, 5.41) is 3.52. The summed E-state index contributed by atoms with van der Waals surface area (Å²) in [5.74, 6) is 0. The van der Waals surface area contributed by atoms with E-state index in [-0.39, 0.29) is 0 Å². The number of aryl methyl sites for hydroxylation is 2. The Bertz CT molecular complexity index is 457. The molecule has 1 aromatic heterocycles. The number of hydrogen-bond donors (Lipinski definition) is 1. The summed E-state index contributed by atoms with van der Waals surface area (Å²) < 4.78 is 1.42. The van der Waals surface area contributed by atoms with Crippen molar-refractivity contribution < 1.29 is 0 Å². The van der Waals surface area contributed by atoms with E-state index in [2.05, 4.69) is 31.4 Å². The molecule has 2 rings (SSSR count). The first kappa shape index (κ1) is 9.69. The first-order valence-electron chi connectivity index (χ1n) is 4.90. The number of hydrogen-bond acceptors (Lipinski definition) is 2. The molecule has 0 radical (unpaired) electrons. The van der Waals surface area contributed by atoms with Gasteiger partial charge in [-0.15, -0.1) is 11.3 Å². The van der Waals surface area contributed by atoms with Gasteiger partial charge in [0.1, 0.15) is 0 Å². The third-order valence-electron chi connectivity index (χ3n) is 2.73. The summed E-state index contributed by atoms with van der Waals surface area (Å²) in [7, 11) is 0. The van der Waals surface area contributed by atoms with Gasteiger partial charge >= 0.3 is 0 Å². The summed E-state index contributed by atoms with van der Waals surface area (Å²) in [6, 6.07) is 4.45. The molecule has 0 unspecified atom stereocenters. The normalized spacial score (nSPS) is 11.1. The van der Waals surface area contributed by atoms with Gasteiger partial charge in [0, 0.05) is 4.70 Å². The van der Waals surface area contributed by atoms with Gasteiger partial charge in [-0.05, 0) is 60.3 Å². The lowest BCUT2D eigenvalue weighted by Crippen LogP contribution is -2.05. The van der Waals surface area contributed by atoms with Gasteiger partial charge in [0.05, 0.1) is 0 Å². The predicted molar refractivity (Wildman–Crippen MR) is 64.1 cm³/mol. The van der Waals surface area contributed by atoms with Crippen molar-refractivity contribution in [1.29, 1.82) is 0 Å². The van der Waals surface area contributed by atoms with Crippen molar-refractivity contribution in [2.45, 2.75) is 20.3 Å². The molecule has 1 heterocycles. The van der Waals surface area contributed by atoms with E-state index < -0.39 is 0 Å². The molecule has 2 heteroatoms. The lowest BCUT2D eigenvalue weighted by Gasteiger charge is -2.09. The predicted octanol–water partition coefficient (Wildman–Crippen LogP) is 3.02. The SMILES string of the molecule is Cc1cc2ccsc2c(C)c1CCN. The van der Waals surface area contributed by atoms with Crippen LogP contribution in [0.2, 0.25) is 0 Å². The van der Waals surface area contributed by atoms with E-state index in [1.165, 1.54) is 26.8 Å². The maximum atomic E-state index is 5.62. The minimum atomic E-state index is 0.735. The first-order chi connectivity index (χ1) is 6.74. The fourth-order valence-electron chi connectivity index (χ4n) is 2.02. The molecule has 0 bridgehead atoms. The minimum Gasteiger partial charge on any atom is -0.330 e. The van der Waals surface area contributed by atoms with Crippen molar-refractivity contribution in [2.24, 2.45) is 5.73 Å². The van der Waals surface area contributed by atoms with Gasteiger partial charge in [0.25, 0.3) is 0 Å². The van der Waals surface area contributed by atoms with Crippen LogP contribution in [0, 0.1) is 13.8 Å². The van der Waals surface area contributed by atoms with Gasteiger partial charge in [-0.25, -0.2) is 0 Å². The van der Waals surface area contributed by atoms with Crippen LogP contribution in [-0.2, 0) is 6.42 Å². The Morgan fingerprint density at radius 2 is 2.14 bits per heavy atom. The standard InChI is InChI=1S/C12H15NS/c1-8-7-10-4-6-14-12(10)9(2)11(8)3-5-13/h4,6-7H,3,5,13H2,1-2H3. The second-order valence-corrected chi connectivity index (χ2v) is 4.59. The van der Waals surface area contributed by atoms with Crippen LogP contribution in [0.4, 0.5) is 0 Å². The van der Waals surface area contributed by atoms with Crippen molar-refractivity contribution in [1.82, 2.24) is 0 Å². The second-order valence-electron chi connectivity index (χ2n) is 3.67. The van der Waals surface area contributed by atoms with Gasteiger partial charge in [-0.2, -0.15) is 0 Å². The molecular formula is C12H15NS. The number of nitrogens with two attached hydrogens (primary N) is 1. The molecule has 0 spiro atoms. The van der Waals surface area contributed by atoms with Crippen LogP contribution >= 0.6 is 11.3 Å². The average molecular weight is 205 g/mol. The molecule has 0 saturated carbocycles. The molecule has 0 fully saturated rings. The summed E-state index contributed by atoms with van der Waals surface area (Å²) in [4.78, 5) is 0. The van der Waals surface area contributed by atoms with Gasteiger partial charge < -0.3 is 5.73 Å². The number of thiophene rings is 1. The van der Waals surface area contributed by atoms with E-state index in [9.17, 15) is 0 Å². The van der Waals surface area contributed by atoms with Gasteiger partial charge in [-0.1, -0.05) is 6.07 Å². The summed E-state index contributed by atoms with van der Waals surface area (Å²) in [6.07, 6.45) is 0.992. The van der Waals surface area contributed by atoms with Crippen LogP contribution in [0.5, 0.6) is 0 Å². The van der Waals surface area contributed by atoms with E-state index in [0.29, 0.717) is 0 Å². The fraction of sp³-hybridized carbons (Fsp3) is 0.333. The van der Waals surface area contributed by atoms with Gasteiger partial charge in [-0.3, -0.25) is 0 Å². The number of rotatable bonds is 2. The molecule has 0 aliphatic heterocycles. The highest BCUT2D eigenvalue weighted by atomic mass is 32.1. The van der Waals surface area contributed by atoms with Crippen molar-refractivity contribution in [2.75, 3.05) is 6.54 Å². The molecule has 0 amide bonds.